The van der Waals surface area contributed by atoms with Gasteiger partial charge in [-0.05, 0) is 63.1 Å². The van der Waals surface area contributed by atoms with Crippen molar-refractivity contribution in [2.24, 2.45) is 0 Å². The Hall–Kier alpha value is -3.41. The minimum absolute atomic E-state index is 0.108. The highest BCUT2D eigenvalue weighted by molar-refractivity contribution is 6.03. The molecule has 0 spiro atoms. The van der Waals surface area contributed by atoms with Crippen molar-refractivity contribution in [1.29, 1.82) is 0 Å². The van der Waals surface area contributed by atoms with E-state index in [1.165, 1.54) is 5.56 Å². The Bertz CT molecular complexity index is 1000. The fourth-order valence-corrected chi connectivity index (χ4v) is 3.53. The number of hydrogen-bond acceptors (Lipinski definition) is 5. The normalized spacial score (nSPS) is 15.3. The standard InChI is InChI=1S/C23H24N4O2/c1-15(2)29-20-10-8-19(9-11-20)26-22(28)18-13-24-23(25-14-18)27-16(3)12-17-6-4-5-7-21(17)27/h4-11,13-16H,12H2,1-3H3,(H,26,28). The van der Waals surface area contributed by atoms with E-state index in [4.69, 9.17) is 4.74 Å². The molecular formula is C23H24N4O2. The van der Waals surface area contributed by atoms with Crippen LogP contribution in [0.2, 0.25) is 0 Å². The maximum atomic E-state index is 12.5. The van der Waals surface area contributed by atoms with Crippen molar-refractivity contribution in [1.82, 2.24) is 9.97 Å². The molecule has 4 rings (SSSR count). The average molecular weight is 388 g/mol. The third kappa shape index (κ3) is 4.06. The lowest BCUT2D eigenvalue weighted by Gasteiger charge is -2.22. The molecule has 1 unspecified atom stereocenters. The Balaban J connectivity index is 1.46. The van der Waals surface area contributed by atoms with Gasteiger partial charge in [-0.3, -0.25) is 4.79 Å². The Morgan fingerprint density at radius 2 is 1.79 bits per heavy atom. The van der Waals surface area contributed by atoms with E-state index in [0.717, 1.165) is 17.9 Å². The number of carbonyl (C=O) groups excluding carboxylic acids is 1. The fraction of sp³-hybridized carbons (Fsp3) is 0.261. The molecule has 1 atom stereocenters. The van der Waals surface area contributed by atoms with Crippen LogP contribution in [0.1, 0.15) is 36.7 Å². The minimum atomic E-state index is -0.246. The van der Waals surface area contributed by atoms with Gasteiger partial charge in [-0.2, -0.15) is 0 Å². The molecule has 3 aromatic rings. The number of carbonyl (C=O) groups is 1. The summed E-state index contributed by atoms with van der Waals surface area (Å²) in [5.74, 6) is 1.13. The summed E-state index contributed by atoms with van der Waals surface area (Å²) in [5.41, 5.74) is 3.52. The number of aromatic nitrogens is 2. The maximum Gasteiger partial charge on any atom is 0.258 e. The van der Waals surface area contributed by atoms with Crippen LogP contribution in [0.15, 0.2) is 60.9 Å². The third-order valence-electron chi connectivity index (χ3n) is 4.81. The van der Waals surface area contributed by atoms with Gasteiger partial charge in [0.15, 0.2) is 0 Å². The number of nitrogens with zero attached hydrogens (tertiary/aromatic N) is 3. The second kappa shape index (κ2) is 7.91. The number of ether oxygens (including phenoxy) is 1. The lowest BCUT2D eigenvalue weighted by molar-refractivity contribution is 0.102. The van der Waals surface area contributed by atoms with E-state index in [9.17, 15) is 4.79 Å². The first kappa shape index (κ1) is 18.9. The van der Waals surface area contributed by atoms with E-state index in [2.05, 4.69) is 39.2 Å². The van der Waals surface area contributed by atoms with E-state index >= 15 is 0 Å². The van der Waals surface area contributed by atoms with Crippen molar-refractivity contribution < 1.29 is 9.53 Å². The van der Waals surface area contributed by atoms with Crippen molar-refractivity contribution in [3.63, 3.8) is 0 Å². The molecule has 1 amide bonds. The first-order chi connectivity index (χ1) is 14.0. The Kier molecular flexibility index (Phi) is 5.16. The molecule has 2 heterocycles. The average Bonchev–Trinajstić information content (AvgIpc) is 3.05. The Morgan fingerprint density at radius 3 is 2.48 bits per heavy atom. The van der Waals surface area contributed by atoms with Crippen LogP contribution in [-0.4, -0.2) is 28.0 Å². The largest absolute Gasteiger partial charge is 0.491 e. The van der Waals surface area contributed by atoms with Gasteiger partial charge in [0, 0.05) is 29.8 Å². The smallest absolute Gasteiger partial charge is 0.258 e. The molecule has 29 heavy (non-hydrogen) atoms. The zero-order valence-electron chi connectivity index (χ0n) is 16.8. The fourth-order valence-electron chi connectivity index (χ4n) is 3.53. The number of hydrogen-bond donors (Lipinski definition) is 1. The summed E-state index contributed by atoms with van der Waals surface area (Å²) < 4.78 is 5.62. The van der Waals surface area contributed by atoms with E-state index in [0.29, 0.717) is 17.2 Å². The van der Waals surface area contributed by atoms with Gasteiger partial charge in [-0.1, -0.05) is 18.2 Å². The summed E-state index contributed by atoms with van der Waals surface area (Å²) >= 11 is 0. The van der Waals surface area contributed by atoms with E-state index in [1.54, 1.807) is 12.4 Å². The molecule has 1 N–H and O–H groups in total. The molecule has 0 saturated heterocycles. The summed E-state index contributed by atoms with van der Waals surface area (Å²) in [6.45, 7) is 6.10. The highest BCUT2D eigenvalue weighted by Crippen LogP contribution is 2.36. The number of fused-ring (bicyclic) bond motifs is 1. The van der Waals surface area contributed by atoms with Gasteiger partial charge in [-0.25, -0.2) is 9.97 Å². The molecule has 148 valence electrons. The van der Waals surface area contributed by atoms with Crippen molar-refractivity contribution in [3.05, 3.63) is 72.1 Å². The predicted octanol–water partition coefficient (Wildman–Crippen LogP) is 4.60. The first-order valence-corrected chi connectivity index (χ1v) is 9.78. The van der Waals surface area contributed by atoms with Gasteiger partial charge in [0.05, 0.1) is 11.7 Å². The van der Waals surface area contributed by atoms with Gasteiger partial charge in [0.2, 0.25) is 5.95 Å². The molecule has 6 heteroatoms. The van der Waals surface area contributed by atoms with Crippen LogP contribution in [0.4, 0.5) is 17.3 Å². The number of anilines is 3. The Labute approximate surface area is 170 Å². The molecular weight excluding hydrogens is 364 g/mol. The molecule has 0 fully saturated rings. The number of nitrogens with one attached hydrogen (secondary N) is 1. The SMILES string of the molecule is CC(C)Oc1ccc(NC(=O)c2cnc(N3c4ccccc4CC3C)nc2)cc1. The second-order valence-electron chi connectivity index (χ2n) is 7.47. The quantitative estimate of drug-likeness (QED) is 0.692. The third-order valence-corrected chi connectivity index (χ3v) is 4.81. The molecule has 1 aromatic heterocycles. The Morgan fingerprint density at radius 1 is 1.10 bits per heavy atom. The van der Waals surface area contributed by atoms with Crippen molar-refractivity contribution in [2.75, 3.05) is 10.2 Å². The summed E-state index contributed by atoms with van der Waals surface area (Å²) in [6.07, 6.45) is 4.21. The molecule has 0 bridgehead atoms. The predicted molar refractivity (Wildman–Crippen MR) is 114 cm³/mol. The number of para-hydroxylation sites is 1. The first-order valence-electron chi connectivity index (χ1n) is 9.78. The molecule has 1 aliphatic heterocycles. The zero-order valence-corrected chi connectivity index (χ0v) is 16.8. The van der Waals surface area contributed by atoms with Crippen LogP contribution < -0.4 is 15.0 Å². The van der Waals surface area contributed by atoms with Crippen LogP contribution in [0.25, 0.3) is 0 Å². The van der Waals surface area contributed by atoms with Crippen LogP contribution in [0, 0.1) is 0 Å². The van der Waals surface area contributed by atoms with Crippen molar-refractivity contribution >= 4 is 23.2 Å². The highest BCUT2D eigenvalue weighted by Gasteiger charge is 2.28. The molecule has 2 aromatic carbocycles. The monoisotopic (exact) mass is 388 g/mol. The van der Waals surface area contributed by atoms with Gasteiger partial charge < -0.3 is 15.0 Å². The maximum absolute atomic E-state index is 12.5. The van der Waals surface area contributed by atoms with E-state index in [1.807, 2.05) is 50.2 Å². The van der Waals surface area contributed by atoms with Gasteiger partial charge >= 0.3 is 0 Å². The van der Waals surface area contributed by atoms with Gasteiger partial charge in [0.1, 0.15) is 5.75 Å². The van der Waals surface area contributed by atoms with Crippen LogP contribution in [-0.2, 0) is 6.42 Å². The summed E-state index contributed by atoms with van der Waals surface area (Å²) in [5, 5.41) is 2.86. The van der Waals surface area contributed by atoms with Gasteiger partial charge in [-0.15, -0.1) is 0 Å². The molecule has 0 radical (unpaired) electrons. The van der Waals surface area contributed by atoms with Gasteiger partial charge in [0.25, 0.3) is 5.91 Å². The lowest BCUT2D eigenvalue weighted by Crippen LogP contribution is -2.26. The van der Waals surface area contributed by atoms with Crippen LogP contribution >= 0.6 is 0 Å². The second-order valence-corrected chi connectivity index (χ2v) is 7.47. The molecule has 0 aliphatic carbocycles. The topological polar surface area (TPSA) is 67.3 Å². The van der Waals surface area contributed by atoms with Crippen LogP contribution in [0.3, 0.4) is 0 Å². The van der Waals surface area contributed by atoms with Crippen molar-refractivity contribution in [3.8, 4) is 5.75 Å². The van der Waals surface area contributed by atoms with E-state index in [-0.39, 0.29) is 18.1 Å². The summed E-state index contributed by atoms with van der Waals surface area (Å²) in [4.78, 5) is 23.6. The van der Waals surface area contributed by atoms with Crippen LogP contribution in [0.5, 0.6) is 5.75 Å². The summed E-state index contributed by atoms with van der Waals surface area (Å²) in [7, 11) is 0. The summed E-state index contributed by atoms with van der Waals surface area (Å²) in [6, 6.07) is 15.8. The minimum Gasteiger partial charge on any atom is -0.491 e. The number of rotatable bonds is 5. The highest BCUT2D eigenvalue weighted by atomic mass is 16.5. The zero-order chi connectivity index (χ0) is 20.4. The van der Waals surface area contributed by atoms with Crippen molar-refractivity contribution in [2.45, 2.75) is 39.3 Å². The number of amides is 1. The lowest BCUT2D eigenvalue weighted by atomic mass is 10.1. The number of benzene rings is 2. The van der Waals surface area contributed by atoms with E-state index < -0.39 is 0 Å². The molecule has 1 aliphatic rings. The molecule has 6 nitrogen and oxygen atoms in total. The molecule has 0 saturated carbocycles.